The van der Waals surface area contributed by atoms with E-state index in [2.05, 4.69) is 20.4 Å². The van der Waals surface area contributed by atoms with Gasteiger partial charge in [0, 0.05) is 11.6 Å². The van der Waals surface area contributed by atoms with Gasteiger partial charge in [0.15, 0.2) is 0 Å². The van der Waals surface area contributed by atoms with Crippen LogP contribution in [0.15, 0.2) is 65.5 Å². The van der Waals surface area contributed by atoms with Crippen LogP contribution in [0.2, 0.25) is 0 Å². The number of aromatic nitrogens is 4. The smallest absolute Gasteiger partial charge is 0.274 e. The molecule has 10 nitrogen and oxygen atoms in total. The van der Waals surface area contributed by atoms with Gasteiger partial charge in [-0.1, -0.05) is 42.5 Å². The predicted molar refractivity (Wildman–Crippen MR) is 114 cm³/mol. The van der Waals surface area contributed by atoms with Crippen LogP contribution < -0.4 is 10.9 Å². The highest BCUT2D eigenvalue weighted by Gasteiger charge is 2.40. The van der Waals surface area contributed by atoms with Gasteiger partial charge in [-0.15, -0.1) is 0 Å². The standard InChI is InChI=1S/C22H16N6O4/c1-12(27-19(31)14-9-5-6-10-15(14)20(27)32)18(30)24-21-25-22-23-16(11-17(29)28(22)26-21)13-7-3-2-4-8-13/h2-12H,1H3,(H2,23,24,25,26,30)/t12-/m0/s1. The molecular formula is C22H16N6O4. The van der Waals surface area contributed by atoms with Crippen molar-refractivity contribution in [3.8, 4) is 11.3 Å². The molecule has 0 saturated carbocycles. The molecule has 4 aromatic rings. The van der Waals surface area contributed by atoms with E-state index < -0.39 is 29.3 Å². The van der Waals surface area contributed by atoms with Crippen LogP contribution in [-0.2, 0) is 4.79 Å². The number of anilines is 1. The Kier molecular flexibility index (Phi) is 4.40. The number of imide groups is 1. The highest BCUT2D eigenvalue weighted by atomic mass is 16.2. The number of aromatic amines is 1. The van der Waals surface area contributed by atoms with Crippen molar-refractivity contribution in [1.29, 1.82) is 0 Å². The molecule has 5 rings (SSSR count). The number of nitrogens with zero attached hydrogens (tertiary/aromatic N) is 4. The molecule has 32 heavy (non-hydrogen) atoms. The Balaban J connectivity index is 1.40. The van der Waals surface area contributed by atoms with Gasteiger partial charge in [-0.3, -0.25) is 34.5 Å². The van der Waals surface area contributed by atoms with Crippen LogP contribution >= 0.6 is 0 Å². The Labute approximate surface area is 180 Å². The van der Waals surface area contributed by atoms with Crippen LogP contribution in [0.5, 0.6) is 0 Å². The molecule has 1 atom stereocenters. The molecule has 3 amide bonds. The fourth-order valence-electron chi connectivity index (χ4n) is 3.59. The van der Waals surface area contributed by atoms with Crippen molar-refractivity contribution in [3.63, 3.8) is 0 Å². The van der Waals surface area contributed by atoms with E-state index in [1.54, 1.807) is 24.3 Å². The van der Waals surface area contributed by atoms with E-state index in [4.69, 9.17) is 0 Å². The molecule has 0 spiro atoms. The zero-order valence-corrected chi connectivity index (χ0v) is 16.8. The van der Waals surface area contributed by atoms with Crippen molar-refractivity contribution in [2.75, 3.05) is 5.32 Å². The summed E-state index contributed by atoms with van der Waals surface area (Å²) in [5, 5.41) is 5.18. The summed E-state index contributed by atoms with van der Waals surface area (Å²) in [5.41, 5.74) is 1.30. The Morgan fingerprint density at radius 1 is 0.938 bits per heavy atom. The molecule has 158 valence electrons. The number of carbonyl (C=O) groups is 3. The van der Waals surface area contributed by atoms with E-state index >= 15 is 0 Å². The van der Waals surface area contributed by atoms with Crippen LogP contribution in [0.3, 0.4) is 0 Å². The number of benzene rings is 2. The Morgan fingerprint density at radius 2 is 1.56 bits per heavy atom. The monoisotopic (exact) mass is 428 g/mol. The Hall–Kier alpha value is -4.60. The number of carbonyl (C=O) groups excluding carboxylic acids is 3. The maximum absolute atomic E-state index is 12.8. The molecule has 3 heterocycles. The molecule has 2 N–H and O–H groups in total. The number of amides is 3. The molecule has 0 fully saturated rings. The summed E-state index contributed by atoms with van der Waals surface area (Å²) in [6.45, 7) is 1.44. The van der Waals surface area contributed by atoms with E-state index in [0.717, 1.165) is 15.0 Å². The van der Waals surface area contributed by atoms with Gasteiger partial charge in [0.2, 0.25) is 11.9 Å². The summed E-state index contributed by atoms with van der Waals surface area (Å²) < 4.78 is 1.09. The lowest BCUT2D eigenvalue weighted by Crippen LogP contribution is -2.45. The molecule has 2 aromatic heterocycles. The lowest BCUT2D eigenvalue weighted by molar-refractivity contribution is -0.119. The van der Waals surface area contributed by atoms with Crippen LogP contribution in [0.25, 0.3) is 17.0 Å². The normalized spacial score (nSPS) is 14.0. The van der Waals surface area contributed by atoms with Gasteiger partial charge in [-0.05, 0) is 19.1 Å². The lowest BCUT2D eigenvalue weighted by Gasteiger charge is -2.20. The quantitative estimate of drug-likeness (QED) is 0.476. The maximum Gasteiger partial charge on any atom is 0.274 e. The Bertz CT molecular complexity index is 1420. The van der Waals surface area contributed by atoms with Crippen LogP contribution in [0, 0.1) is 0 Å². The summed E-state index contributed by atoms with van der Waals surface area (Å²) >= 11 is 0. The van der Waals surface area contributed by atoms with E-state index in [1.807, 2.05) is 30.3 Å². The van der Waals surface area contributed by atoms with Crippen molar-refractivity contribution < 1.29 is 14.4 Å². The highest BCUT2D eigenvalue weighted by Crippen LogP contribution is 2.24. The Morgan fingerprint density at radius 3 is 2.22 bits per heavy atom. The average molecular weight is 428 g/mol. The van der Waals surface area contributed by atoms with Gasteiger partial charge in [0.1, 0.15) is 6.04 Å². The zero-order chi connectivity index (χ0) is 22.4. The molecule has 0 saturated heterocycles. The number of rotatable bonds is 4. The van der Waals surface area contributed by atoms with E-state index in [9.17, 15) is 19.2 Å². The fourth-order valence-corrected chi connectivity index (χ4v) is 3.59. The number of hydrogen-bond acceptors (Lipinski definition) is 6. The van der Waals surface area contributed by atoms with Crippen molar-refractivity contribution in [3.05, 3.63) is 82.1 Å². The first-order valence-corrected chi connectivity index (χ1v) is 9.77. The second-order valence-electron chi connectivity index (χ2n) is 7.24. The molecule has 0 radical (unpaired) electrons. The number of nitrogens with one attached hydrogen (secondary N) is 2. The minimum Gasteiger partial charge on any atom is -0.293 e. The van der Waals surface area contributed by atoms with Crippen LogP contribution in [0.1, 0.15) is 27.6 Å². The van der Waals surface area contributed by atoms with Gasteiger partial charge < -0.3 is 0 Å². The van der Waals surface area contributed by atoms with E-state index in [1.165, 1.54) is 13.0 Å². The SMILES string of the molecule is C[C@@H](C(=O)Nc1nc2nc(-c3ccccc3)cc(=O)n2[nH]1)N1C(=O)c2ccccc2C1=O. The third kappa shape index (κ3) is 3.05. The van der Waals surface area contributed by atoms with Crippen molar-refractivity contribution >= 4 is 29.4 Å². The molecule has 1 aliphatic rings. The topological polar surface area (TPSA) is 130 Å². The first-order valence-electron chi connectivity index (χ1n) is 9.77. The molecule has 10 heteroatoms. The fraction of sp³-hybridized carbons (Fsp3) is 0.0909. The summed E-state index contributed by atoms with van der Waals surface area (Å²) in [6, 6.07) is 15.8. The van der Waals surface area contributed by atoms with E-state index in [0.29, 0.717) is 5.69 Å². The number of hydrogen-bond donors (Lipinski definition) is 2. The van der Waals surface area contributed by atoms with Gasteiger partial charge in [0.05, 0.1) is 16.8 Å². The van der Waals surface area contributed by atoms with Crippen molar-refractivity contribution in [2.24, 2.45) is 0 Å². The summed E-state index contributed by atoms with van der Waals surface area (Å²) in [4.78, 5) is 59.9. The van der Waals surface area contributed by atoms with Crippen LogP contribution in [-0.4, -0.2) is 48.2 Å². The van der Waals surface area contributed by atoms with Gasteiger partial charge in [-0.25, -0.2) is 4.98 Å². The lowest BCUT2D eigenvalue weighted by atomic mass is 10.1. The largest absolute Gasteiger partial charge is 0.293 e. The molecule has 1 aliphatic heterocycles. The van der Waals surface area contributed by atoms with Crippen molar-refractivity contribution in [1.82, 2.24) is 24.5 Å². The third-order valence-electron chi connectivity index (χ3n) is 5.23. The summed E-state index contributed by atoms with van der Waals surface area (Å²) in [7, 11) is 0. The predicted octanol–water partition coefficient (Wildman–Crippen LogP) is 1.71. The first kappa shape index (κ1) is 19.4. The number of fused-ring (bicyclic) bond motifs is 2. The zero-order valence-electron chi connectivity index (χ0n) is 16.8. The van der Waals surface area contributed by atoms with Gasteiger partial charge in [-0.2, -0.15) is 9.50 Å². The number of H-pyrrole nitrogens is 1. The molecule has 0 bridgehead atoms. The van der Waals surface area contributed by atoms with Gasteiger partial charge in [0.25, 0.3) is 23.2 Å². The second-order valence-corrected chi connectivity index (χ2v) is 7.24. The summed E-state index contributed by atoms with van der Waals surface area (Å²) in [6.07, 6.45) is 0. The molecule has 2 aromatic carbocycles. The molecular weight excluding hydrogens is 412 g/mol. The average Bonchev–Trinajstić information content (AvgIpc) is 3.32. The highest BCUT2D eigenvalue weighted by molar-refractivity contribution is 6.23. The van der Waals surface area contributed by atoms with Crippen molar-refractivity contribution in [2.45, 2.75) is 13.0 Å². The van der Waals surface area contributed by atoms with E-state index in [-0.39, 0.29) is 22.9 Å². The third-order valence-corrected chi connectivity index (χ3v) is 5.23. The molecule has 0 unspecified atom stereocenters. The first-order chi connectivity index (χ1) is 15.4. The van der Waals surface area contributed by atoms with Gasteiger partial charge >= 0.3 is 0 Å². The maximum atomic E-state index is 12.8. The second kappa shape index (κ2) is 7.27. The minimum atomic E-state index is -1.10. The summed E-state index contributed by atoms with van der Waals surface area (Å²) in [5.74, 6) is -1.69. The van der Waals surface area contributed by atoms with Crippen LogP contribution in [0.4, 0.5) is 5.95 Å². The molecule has 0 aliphatic carbocycles. The minimum absolute atomic E-state index is 0.0340.